The summed E-state index contributed by atoms with van der Waals surface area (Å²) >= 11 is 0. The van der Waals surface area contributed by atoms with E-state index in [4.69, 9.17) is 14.2 Å². The number of carbonyl (C=O) groups excluding carboxylic acids is 4. The molecule has 5 rings (SSSR count). The first-order valence-corrected chi connectivity index (χ1v) is 17.9. The average Bonchev–Trinajstić information content (AvgIpc) is 3.96. The van der Waals surface area contributed by atoms with E-state index in [1.165, 1.54) is 16.8 Å². The number of hydrogen-bond acceptors (Lipinski definition) is 10. The van der Waals surface area contributed by atoms with Crippen LogP contribution in [0.5, 0.6) is 11.6 Å². The summed E-state index contributed by atoms with van der Waals surface area (Å²) in [7, 11) is -0.761. The van der Waals surface area contributed by atoms with Crippen LogP contribution in [0.1, 0.15) is 72.6 Å². The monoisotopic (exact) mass is 687 g/mol. The molecule has 14 nitrogen and oxygen atoms in total. The lowest BCUT2D eigenvalue weighted by molar-refractivity contribution is -0.143. The molecule has 3 fully saturated rings. The number of hydrogen-bond donors (Lipinski definition) is 2. The van der Waals surface area contributed by atoms with Crippen molar-refractivity contribution in [3.63, 3.8) is 0 Å². The van der Waals surface area contributed by atoms with Gasteiger partial charge in [0.2, 0.25) is 27.7 Å². The number of likely N-dealkylation sites (tertiary alicyclic amines) is 1. The number of fused-ring (bicyclic) bond motifs is 1. The minimum Gasteiger partial charge on any atom is -0.497 e. The topological polar surface area (TPSA) is 174 Å². The summed E-state index contributed by atoms with van der Waals surface area (Å²) in [4.78, 5) is 61.4. The Bertz CT molecular complexity index is 1680. The van der Waals surface area contributed by atoms with Crippen LogP contribution in [-0.2, 0) is 29.1 Å². The SMILES string of the molecule is CCC[C@@H](C(=O)N1C[C@H](Oc2nccc3cc(OC)ccc23)C[C@H]1C(=O)NC1(C(=O)NS(=O)(=O)C2CC2)CC1)N(C)C(=O)OC(C)(C)C. The van der Waals surface area contributed by atoms with Gasteiger partial charge < -0.3 is 24.4 Å². The van der Waals surface area contributed by atoms with Gasteiger partial charge in [-0.25, -0.2) is 18.2 Å². The van der Waals surface area contributed by atoms with Gasteiger partial charge in [0.1, 0.15) is 35.1 Å². The molecule has 1 aliphatic heterocycles. The second-order valence-corrected chi connectivity index (χ2v) is 15.8. The summed E-state index contributed by atoms with van der Waals surface area (Å²) in [5.74, 6) is -0.898. The molecule has 3 aliphatic rings. The number of ether oxygens (including phenoxy) is 3. The van der Waals surface area contributed by atoms with Crippen molar-refractivity contribution < 1.29 is 41.8 Å². The van der Waals surface area contributed by atoms with Crippen LogP contribution in [0.2, 0.25) is 0 Å². The summed E-state index contributed by atoms with van der Waals surface area (Å²) in [6.07, 6.45) is 2.68. The molecule has 2 heterocycles. The zero-order valence-corrected chi connectivity index (χ0v) is 29.1. The van der Waals surface area contributed by atoms with E-state index in [0.29, 0.717) is 42.7 Å². The number of likely N-dealkylation sites (N-methyl/N-ethyl adjacent to an activating group) is 1. The molecule has 3 atom stereocenters. The summed E-state index contributed by atoms with van der Waals surface area (Å²) in [6, 6.07) is 5.24. The normalized spacial score (nSPS) is 20.8. The lowest BCUT2D eigenvalue weighted by Crippen LogP contribution is -2.58. The smallest absolute Gasteiger partial charge is 0.410 e. The molecular weight excluding hydrogens is 642 g/mol. The zero-order valence-electron chi connectivity index (χ0n) is 28.3. The predicted molar refractivity (Wildman–Crippen MR) is 176 cm³/mol. The number of methoxy groups -OCH3 is 1. The van der Waals surface area contributed by atoms with E-state index in [1.54, 1.807) is 40.1 Å². The van der Waals surface area contributed by atoms with Gasteiger partial charge in [-0.3, -0.25) is 24.0 Å². The Morgan fingerprint density at radius 1 is 1.15 bits per heavy atom. The molecule has 1 aromatic carbocycles. The van der Waals surface area contributed by atoms with Crippen LogP contribution in [0.25, 0.3) is 10.8 Å². The Kier molecular flexibility index (Phi) is 9.82. The molecule has 0 bridgehead atoms. The number of amides is 4. The predicted octanol–water partition coefficient (Wildman–Crippen LogP) is 2.88. The molecular formula is C33H45N5O9S. The van der Waals surface area contributed by atoms with Crippen LogP contribution >= 0.6 is 0 Å². The first-order chi connectivity index (χ1) is 22.6. The summed E-state index contributed by atoms with van der Waals surface area (Å²) < 4.78 is 44.3. The standard InChI is InChI=1S/C33H45N5O9S/c1-7-8-25(37(5)31(42)47-32(2,3)4)29(40)38-19-22(46-28-24-12-9-21(45-6)17-20(24)13-16-34-28)18-26(38)27(39)35-33(14-15-33)30(41)36-48(43,44)23-10-11-23/h9,12-13,16-17,22-23,25-26H,7-8,10-11,14-15,18-19H2,1-6H3,(H,35,39)(H,36,41)/t22-,25+,26+/m1/s1. The minimum atomic E-state index is -3.82. The largest absolute Gasteiger partial charge is 0.497 e. The van der Waals surface area contributed by atoms with E-state index in [0.717, 1.165) is 5.39 Å². The van der Waals surface area contributed by atoms with Gasteiger partial charge in [-0.05, 0) is 82.5 Å². The van der Waals surface area contributed by atoms with Crippen molar-refractivity contribution in [3.8, 4) is 11.6 Å². The van der Waals surface area contributed by atoms with E-state index in [2.05, 4.69) is 15.0 Å². The Morgan fingerprint density at radius 3 is 2.46 bits per heavy atom. The van der Waals surface area contributed by atoms with Gasteiger partial charge in [-0.2, -0.15) is 0 Å². The van der Waals surface area contributed by atoms with E-state index >= 15 is 0 Å². The number of rotatable bonds is 12. The molecule has 2 aromatic rings. The highest BCUT2D eigenvalue weighted by Gasteiger charge is 2.55. The number of nitrogens with zero attached hydrogens (tertiary/aromatic N) is 3. The van der Waals surface area contributed by atoms with E-state index < -0.39 is 68.4 Å². The van der Waals surface area contributed by atoms with E-state index in [9.17, 15) is 27.6 Å². The number of benzene rings is 1. The van der Waals surface area contributed by atoms with Crippen molar-refractivity contribution in [1.82, 2.24) is 24.8 Å². The van der Waals surface area contributed by atoms with Crippen LogP contribution in [0.3, 0.4) is 0 Å². The highest BCUT2D eigenvalue weighted by molar-refractivity contribution is 7.91. The third-order valence-corrected chi connectivity index (χ3v) is 10.6. The van der Waals surface area contributed by atoms with Crippen molar-refractivity contribution in [2.45, 2.75) is 107 Å². The third kappa shape index (κ3) is 7.77. The maximum Gasteiger partial charge on any atom is 0.410 e. The fourth-order valence-electron chi connectivity index (χ4n) is 5.83. The highest BCUT2D eigenvalue weighted by atomic mass is 32.2. The van der Waals surface area contributed by atoms with Crippen LogP contribution in [0.4, 0.5) is 4.79 Å². The van der Waals surface area contributed by atoms with Gasteiger partial charge in [0, 0.05) is 25.1 Å². The zero-order chi connectivity index (χ0) is 35.0. The fraction of sp³-hybridized carbons (Fsp3) is 0.606. The van der Waals surface area contributed by atoms with E-state index in [-0.39, 0.29) is 25.8 Å². The van der Waals surface area contributed by atoms with Crippen molar-refractivity contribution in [2.75, 3.05) is 20.7 Å². The van der Waals surface area contributed by atoms with Crippen LogP contribution in [0, 0.1) is 0 Å². The molecule has 2 aliphatic carbocycles. The van der Waals surface area contributed by atoms with Gasteiger partial charge >= 0.3 is 6.09 Å². The second-order valence-electron chi connectivity index (χ2n) is 13.8. The van der Waals surface area contributed by atoms with Gasteiger partial charge in [-0.1, -0.05) is 13.3 Å². The number of nitrogens with one attached hydrogen (secondary N) is 2. The number of pyridine rings is 1. The van der Waals surface area contributed by atoms with Gasteiger partial charge in [-0.15, -0.1) is 0 Å². The Morgan fingerprint density at radius 2 is 1.85 bits per heavy atom. The molecule has 2 saturated carbocycles. The number of sulfonamides is 1. The van der Waals surface area contributed by atoms with Gasteiger partial charge in [0.25, 0.3) is 5.91 Å². The Labute approximate surface area is 280 Å². The summed E-state index contributed by atoms with van der Waals surface area (Å²) in [5, 5.41) is 3.69. The first-order valence-electron chi connectivity index (χ1n) is 16.3. The quantitative estimate of drug-likeness (QED) is 0.338. The molecule has 0 spiro atoms. The molecule has 262 valence electrons. The molecule has 15 heteroatoms. The van der Waals surface area contributed by atoms with Gasteiger partial charge in [0.15, 0.2) is 0 Å². The van der Waals surface area contributed by atoms with Crippen molar-refractivity contribution in [2.24, 2.45) is 0 Å². The number of carbonyl (C=O) groups is 4. The van der Waals surface area contributed by atoms with Crippen molar-refractivity contribution in [1.29, 1.82) is 0 Å². The number of aromatic nitrogens is 1. The highest BCUT2D eigenvalue weighted by Crippen LogP contribution is 2.38. The van der Waals surface area contributed by atoms with Crippen molar-refractivity contribution >= 4 is 44.6 Å². The molecule has 0 radical (unpaired) electrons. The van der Waals surface area contributed by atoms with Gasteiger partial charge in [0.05, 0.1) is 18.9 Å². The minimum absolute atomic E-state index is 0.00275. The molecule has 2 N–H and O–H groups in total. The molecule has 1 aromatic heterocycles. The van der Waals surface area contributed by atoms with Crippen LogP contribution in [-0.4, -0.2) is 102 Å². The van der Waals surface area contributed by atoms with Crippen molar-refractivity contribution in [3.05, 3.63) is 30.5 Å². The first kappa shape index (κ1) is 35.2. The Hall–Kier alpha value is -4.14. The molecule has 4 amide bonds. The summed E-state index contributed by atoms with van der Waals surface area (Å²) in [6.45, 7) is 7.08. The molecule has 48 heavy (non-hydrogen) atoms. The van der Waals surface area contributed by atoms with Crippen LogP contribution in [0.15, 0.2) is 30.5 Å². The maximum atomic E-state index is 14.3. The molecule has 1 saturated heterocycles. The summed E-state index contributed by atoms with van der Waals surface area (Å²) in [5.41, 5.74) is -2.18. The molecule has 0 unspecified atom stereocenters. The fourth-order valence-corrected chi connectivity index (χ4v) is 7.21. The lowest BCUT2D eigenvalue weighted by Gasteiger charge is -2.34. The lowest BCUT2D eigenvalue weighted by atomic mass is 10.1. The maximum absolute atomic E-state index is 14.3. The average molecular weight is 688 g/mol. The van der Waals surface area contributed by atoms with E-state index in [1.807, 2.05) is 25.1 Å². The van der Waals surface area contributed by atoms with Crippen LogP contribution < -0.4 is 19.5 Å². The Balaban J connectivity index is 1.40. The third-order valence-electron chi connectivity index (χ3n) is 8.80. The second kappa shape index (κ2) is 13.4.